The van der Waals surface area contributed by atoms with Crippen LogP contribution in [0.15, 0.2) is 18.2 Å². The molecule has 0 bridgehead atoms. The molecule has 0 aromatic heterocycles. The fraction of sp³-hybridized carbons (Fsp3) is 0.364. The monoisotopic (exact) mass is 224 g/mol. The van der Waals surface area contributed by atoms with Crippen molar-refractivity contribution in [3.63, 3.8) is 0 Å². The van der Waals surface area contributed by atoms with Gasteiger partial charge in [0.15, 0.2) is 0 Å². The largest absolute Gasteiger partial charge is 0.497 e. The van der Waals surface area contributed by atoms with Crippen molar-refractivity contribution in [2.24, 2.45) is 5.73 Å². The molecule has 0 unspecified atom stereocenters. The van der Waals surface area contributed by atoms with Crippen LogP contribution >= 0.6 is 0 Å². The van der Waals surface area contributed by atoms with Gasteiger partial charge in [0, 0.05) is 24.7 Å². The molecule has 0 saturated heterocycles. The minimum atomic E-state index is -0.192. The Labute approximate surface area is 94.5 Å². The molecule has 0 spiro atoms. The van der Waals surface area contributed by atoms with E-state index in [1.165, 1.54) is 14.2 Å². The van der Waals surface area contributed by atoms with Crippen LogP contribution < -0.4 is 20.5 Å². The molecular formula is C11H16N2O3. The highest BCUT2D eigenvalue weighted by atomic mass is 16.5. The maximum atomic E-state index is 11.7. The quantitative estimate of drug-likeness (QED) is 0.759. The summed E-state index contributed by atoms with van der Waals surface area (Å²) in [6.45, 7) is 0.852. The topological polar surface area (TPSA) is 73.6 Å². The van der Waals surface area contributed by atoms with E-state index in [2.05, 4.69) is 5.32 Å². The Morgan fingerprint density at radius 2 is 1.81 bits per heavy atom. The number of hydrogen-bond acceptors (Lipinski definition) is 4. The zero-order valence-corrected chi connectivity index (χ0v) is 9.45. The number of amides is 1. The molecule has 0 aliphatic carbocycles. The lowest BCUT2D eigenvalue weighted by Crippen LogP contribution is -2.28. The molecule has 1 aromatic rings. The van der Waals surface area contributed by atoms with Gasteiger partial charge in [0.05, 0.1) is 14.2 Å². The summed E-state index contributed by atoms with van der Waals surface area (Å²) in [6, 6.07) is 5.00. The van der Waals surface area contributed by atoms with Crippen molar-refractivity contribution < 1.29 is 14.3 Å². The average molecular weight is 224 g/mol. The van der Waals surface area contributed by atoms with Crippen molar-refractivity contribution in [3.05, 3.63) is 23.8 Å². The second-order valence-corrected chi connectivity index (χ2v) is 3.15. The third-order valence-corrected chi connectivity index (χ3v) is 2.04. The molecule has 0 aliphatic rings. The maximum absolute atomic E-state index is 11.7. The Hall–Kier alpha value is -1.75. The highest BCUT2D eigenvalue weighted by Crippen LogP contribution is 2.22. The van der Waals surface area contributed by atoms with Crippen molar-refractivity contribution >= 4 is 5.91 Å². The SMILES string of the molecule is COc1cc(OC)cc(C(=O)NCCN)c1. The van der Waals surface area contributed by atoms with Crippen LogP contribution in [0.3, 0.4) is 0 Å². The number of methoxy groups -OCH3 is 2. The van der Waals surface area contributed by atoms with Crippen LogP contribution in [0, 0.1) is 0 Å². The summed E-state index contributed by atoms with van der Waals surface area (Å²) >= 11 is 0. The van der Waals surface area contributed by atoms with Crippen LogP contribution in [0.4, 0.5) is 0 Å². The van der Waals surface area contributed by atoms with Crippen molar-refractivity contribution in [2.45, 2.75) is 0 Å². The number of carbonyl (C=O) groups is 1. The van der Waals surface area contributed by atoms with E-state index in [9.17, 15) is 4.79 Å². The first-order valence-corrected chi connectivity index (χ1v) is 4.92. The van der Waals surface area contributed by atoms with Gasteiger partial charge in [-0.3, -0.25) is 4.79 Å². The summed E-state index contributed by atoms with van der Waals surface area (Å²) < 4.78 is 10.1. The standard InChI is InChI=1S/C11H16N2O3/c1-15-9-5-8(6-10(7-9)16-2)11(14)13-4-3-12/h5-7H,3-4,12H2,1-2H3,(H,13,14). The van der Waals surface area contributed by atoms with Gasteiger partial charge in [-0.1, -0.05) is 0 Å². The predicted molar refractivity (Wildman–Crippen MR) is 60.9 cm³/mol. The lowest BCUT2D eigenvalue weighted by molar-refractivity contribution is 0.0954. The van der Waals surface area contributed by atoms with Crippen LogP contribution in [0.2, 0.25) is 0 Å². The summed E-state index contributed by atoms with van der Waals surface area (Å²) in [4.78, 5) is 11.7. The highest BCUT2D eigenvalue weighted by Gasteiger charge is 2.08. The summed E-state index contributed by atoms with van der Waals surface area (Å²) in [6.07, 6.45) is 0. The summed E-state index contributed by atoms with van der Waals surface area (Å²) in [5.41, 5.74) is 5.79. The smallest absolute Gasteiger partial charge is 0.251 e. The van der Waals surface area contributed by atoms with Gasteiger partial charge in [0.2, 0.25) is 0 Å². The van der Waals surface area contributed by atoms with E-state index in [0.29, 0.717) is 30.2 Å². The molecule has 1 amide bonds. The van der Waals surface area contributed by atoms with Gasteiger partial charge in [0.25, 0.3) is 5.91 Å². The van der Waals surface area contributed by atoms with Crippen LogP contribution in [0.5, 0.6) is 11.5 Å². The van der Waals surface area contributed by atoms with E-state index in [1.807, 2.05) is 0 Å². The van der Waals surface area contributed by atoms with Gasteiger partial charge in [0.1, 0.15) is 11.5 Å². The Bertz CT molecular complexity index is 344. The first-order chi connectivity index (χ1) is 7.71. The van der Waals surface area contributed by atoms with Crippen molar-refractivity contribution in [2.75, 3.05) is 27.3 Å². The molecule has 0 fully saturated rings. The van der Waals surface area contributed by atoms with Crippen LogP contribution in [0.1, 0.15) is 10.4 Å². The van der Waals surface area contributed by atoms with Gasteiger partial charge >= 0.3 is 0 Å². The number of ether oxygens (including phenoxy) is 2. The zero-order valence-electron chi connectivity index (χ0n) is 9.45. The van der Waals surface area contributed by atoms with Gasteiger partial charge in [-0.15, -0.1) is 0 Å². The molecule has 3 N–H and O–H groups in total. The molecule has 5 heteroatoms. The van der Waals surface area contributed by atoms with E-state index in [1.54, 1.807) is 18.2 Å². The number of nitrogens with two attached hydrogens (primary N) is 1. The fourth-order valence-corrected chi connectivity index (χ4v) is 1.23. The summed E-state index contributed by atoms with van der Waals surface area (Å²) in [7, 11) is 3.08. The second kappa shape index (κ2) is 5.97. The van der Waals surface area contributed by atoms with Crippen molar-refractivity contribution in [1.82, 2.24) is 5.32 Å². The van der Waals surface area contributed by atoms with Crippen molar-refractivity contribution in [3.8, 4) is 11.5 Å². The van der Waals surface area contributed by atoms with Gasteiger partial charge in [-0.25, -0.2) is 0 Å². The maximum Gasteiger partial charge on any atom is 0.251 e. The predicted octanol–water partition coefficient (Wildman–Crippen LogP) is 0.392. The van der Waals surface area contributed by atoms with E-state index < -0.39 is 0 Å². The molecule has 0 saturated carbocycles. The average Bonchev–Trinajstić information content (AvgIpc) is 2.35. The third kappa shape index (κ3) is 3.13. The first kappa shape index (κ1) is 12.3. The number of nitrogens with one attached hydrogen (secondary N) is 1. The van der Waals surface area contributed by atoms with Gasteiger partial charge in [-0.05, 0) is 12.1 Å². The Balaban J connectivity index is 2.89. The highest BCUT2D eigenvalue weighted by molar-refractivity contribution is 5.95. The minimum Gasteiger partial charge on any atom is -0.497 e. The van der Waals surface area contributed by atoms with Crippen LogP contribution in [-0.4, -0.2) is 33.2 Å². The normalized spacial score (nSPS) is 9.69. The van der Waals surface area contributed by atoms with Crippen LogP contribution in [-0.2, 0) is 0 Å². The van der Waals surface area contributed by atoms with E-state index in [4.69, 9.17) is 15.2 Å². The zero-order chi connectivity index (χ0) is 12.0. The van der Waals surface area contributed by atoms with Gasteiger partial charge < -0.3 is 20.5 Å². The van der Waals surface area contributed by atoms with E-state index in [-0.39, 0.29) is 5.91 Å². The molecule has 16 heavy (non-hydrogen) atoms. The van der Waals surface area contributed by atoms with Gasteiger partial charge in [-0.2, -0.15) is 0 Å². The lowest BCUT2D eigenvalue weighted by Gasteiger charge is -2.08. The number of rotatable bonds is 5. The summed E-state index contributed by atoms with van der Waals surface area (Å²) in [5, 5.41) is 2.68. The van der Waals surface area contributed by atoms with Crippen molar-refractivity contribution in [1.29, 1.82) is 0 Å². The molecule has 0 aliphatic heterocycles. The first-order valence-electron chi connectivity index (χ1n) is 4.92. The lowest BCUT2D eigenvalue weighted by atomic mass is 10.2. The minimum absolute atomic E-state index is 0.192. The number of carbonyl (C=O) groups excluding carboxylic acids is 1. The summed E-state index contributed by atoms with van der Waals surface area (Å²) in [5.74, 6) is 0.970. The third-order valence-electron chi connectivity index (χ3n) is 2.04. The van der Waals surface area contributed by atoms with E-state index >= 15 is 0 Å². The van der Waals surface area contributed by atoms with E-state index in [0.717, 1.165) is 0 Å². The molecule has 0 heterocycles. The molecule has 0 atom stereocenters. The Morgan fingerprint density at radius 3 is 2.25 bits per heavy atom. The molecule has 1 aromatic carbocycles. The Morgan fingerprint density at radius 1 is 1.25 bits per heavy atom. The van der Waals surface area contributed by atoms with Crippen LogP contribution in [0.25, 0.3) is 0 Å². The Kier molecular flexibility index (Phi) is 4.60. The molecule has 0 radical (unpaired) electrons. The molecular weight excluding hydrogens is 208 g/mol. The number of benzene rings is 1. The molecule has 1 rings (SSSR count). The fourth-order valence-electron chi connectivity index (χ4n) is 1.23. The second-order valence-electron chi connectivity index (χ2n) is 3.15. The number of hydrogen-bond donors (Lipinski definition) is 2. The molecule has 88 valence electrons. The molecule has 5 nitrogen and oxygen atoms in total.